The molecular weight excluding hydrogens is 426 g/mol. The van der Waals surface area contributed by atoms with Crippen LogP contribution in [0.15, 0.2) is 58.7 Å². The first-order valence-corrected chi connectivity index (χ1v) is 9.66. The summed E-state index contributed by atoms with van der Waals surface area (Å²) in [4.78, 5) is 27.2. The molecule has 11 heteroatoms. The first-order chi connectivity index (χ1) is 16.0. The van der Waals surface area contributed by atoms with Crippen LogP contribution in [-0.2, 0) is 9.47 Å². The number of benzene rings is 2. The first-order valence-electron chi connectivity index (χ1n) is 9.66. The van der Waals surface area contributed by atoms with Crippen molar-refractivity contribution in [2.45, 2.75) is 6.92 Å². The number of aryl methyl sites for hydroxylation is 1. The van der Waals surface area contributed by atoms with Gasteiger partial charge in [0.15, 0.2) is 5.82 Å². The van der Waals surface area contributed by atoms with Gasteiger partial charge in [0.2, 0.25) is 0 Å². The lowest BCUT2D eigenvalue weighted by Crippen LogP contribution is -2.05. The SMILES string of the molecule is COC(=O)c1ccc(/C=N\Nc2nnc(C)c(N/N=C\c3ccc(C(=O)OC)cc3)n2)cc1. The van der Waals surface area contributed by atoms with Gasteiger partial charge in [-0.1, -0.05) is 24.3 Å². The number of ether oxygens (including phenoxy) is 2. The second-order valence-electron chi connectivity index (χ2n) is 6.54. The fourth-order valence-corrected chi connectivity index (χ4v) is 2.51. The van der Waals surface area contributed by atoms with Crippen molar-refractivity contribution < 1.29 is 19.1 Å². The fourth-order valence-electron chi connectivity index (χ4n) is 2.51. The number of hydrogen-bond donors (Lipinski definition) is 2. The lowest BCUT2D eigenvalue weighted by atomic mass is 10.1. The van der Waals surface area contributed by atoms with Gasteiger partial charge in [-0.25, -0.2) is 15.0 Å². The summed E-state index contributed by atoms with van der Waals surface area (Å²) >= 11 is 0. The standard InChI is InChI=1S/C22H21N7O4/c1-14-19(27-23-12-15-4-8-17(9-5-15)20(30)32-2)25-22(29-26-14)28-24-13-16-6-10-18(11-7-16)21(31)33-3/h4-13H,1-3H3,(H2,25,27,28,29)/b23-12-,24-13-. The number of carbonyl (C=O) groups excluding carboxylic acids is 2. The van der Waals surface area contributed by atoms with Gasteiger partial charge in [0, 0.05) is 0 Å². The van der Waals surface area contributed by atoms with Gasteiger partial charge in [-0.3, -0.25) is 5.43 Å². The van der Waals surface area contributed by atoms with E-state index in [0.717, 1.165) is 11.1 Å². The van der Waals surface area contributed by atoms with E-state index in [2.05, 4.69) is 45.7 Å². The van der Waals surface area contributed by atoms with Crippen molar-refractivity contribution in [2.75, 3.05) is 25.1 Å². The van der Waals surface area contributed by atoms with Crippen LogP contribution in [0.1, 0.15) is 37.5 Å². The molecular formula is C22H21N7O4. The summed E-state index contributed by atoms with van der Waals surface area (Å²) in [6.45, 7) is 1.74. The summed E-state index contributed by atoms with van der Waals surface area (Å²) < 4.78 is 9.34. The molecule has 0 saturated carbocycles. The Bertz CT molecular complexity index is 1180. The zero-order valence-electron chi connectivity index (χ0n) is 18.1. The molecule has 0 amide bonds. The minimum Gasteiger partial charge on any atom is -0.465 e. The monoisotopic (exact) mass is 447 g/mol. The van der Waals surface area contributed by atoms with Crippen molar-refractivity contribution in [3.05, 3.63) is 76.5 Å². The second-order valence-corrected chi connectivity index (χ2v) is 6.54. The van der Waals surface area contributed by atoms with Crippen LogP contribution >= 0.6 is 0 Å². The summed E-state index contributed by atoms with van der Waals surface area (Å²) in [5.74, 6) is -0.243. The van der Waals surface area contributed by atoms with E-state index in [1.807, 2.05) is 0 Å². The van der Waals surface area contributed by atoms with E-state index in [1.165, 1.54) is 14.2 Å². The number of rotatable bonds is 8. The highest BCUT2D eigenvalue weighted by Gasteiger charge is 2.06. The Morgan fingerprint density at radius 3 is 1.76 bits per heavy atom. The van der Waals surface area contributed by atoms with Crippen LogP contribution in [0, 0.1) is 6.92 Å². The van der Waals surface area contributed by atoms with Gasteiger partial charge in [0.25, 0.3) is 5.95 Å². The summed E-state index contributed by atoms with van der Waals surface area (Å²) in [6, 6.07) is 13.5. The molecule has 0 spiro atoms. The highest BCUT2D eigenvalue weighted by atomic mass is 16.5. The van der Waals surface area contributed by atoms with Crippen LogP contribution in [0.25, 0.3) is 0 Å². The zero-order chi connectivity index (χ0) is 23.6. The Labute approximate surface area is 189 Å². The summed E-state index contributed by atoms with van der Waals surface area (Å²) in [5.41, 5.74) is 8.49. The third-order valence-corrected chi connectivity index (χ3v) is 4.28. The Morgan fingerprint density at radius 1 is 0.788 bits per heavy atom. The molecule has 0 unspecified atom stereocenters. The van der Waals surface area contributed by atoms with E-state index in [0.29, 0.717) is 22.6 Å². The van der Waals surface area contributed by atoms with Gasteiger partial charge < -0.3 is 9.47 Å². The van der Waals surface area contributed by atoms with Crippen molar-refractivity contribution in [3.8, 4) is 0 Å². The second kappa shape index (κ2) is 11.1. The van der Waals surface area contributed by atoms with Crippen molar-refractivity contribution in [3.63, 3.8) is 0 Å². The van der Waals surface area contributed by atoms with Crippen LogP contribution in [-0.4, -0.2) is 53.8 Å². The molecule has 2 N–H and O–H groups in total. The Hall–Kier alpha value is -4.67. The average Bonchev–Trinajstić information content (AvgIpc) is 2.85. The quantitative estimate of drug-likeness (QED) is 0.303. The largest absolute Gasteiger partial charge is 0.465 e. The predicted molar refractivity (Wildman–Crippen MR) is 123 cm³/mol. The number of nitrogens with zero attached hydrogens (tertiary/aromatic N) is 5. The smallest absolute Gasteiger partial charge is 0.337 e. The molecule has 2 aromatic carbocycles. The van der Waals surface area contributed by atoms with Gasteiger partial charge in [0.1, 0.15) is 5.69 Å². The number of hydrogen-bond acceptors (Lipinski definition) is 11. The van der Waals surface area contributed by atoms with Crippen LogP contribution in [0.4, 0.5) is 11.8 Å². The van der Waals surface area contributed by atoms with E-state index in [-0.39, 0.29) is 5.95 Å². The van der Waals surface area contributed by atoms with Crippen LogP contribution in [0.3, 0.4) is 0 Å². The minimum absolute atomic E-state index is 0.170. The minimum atomic E-state index is -0.406. The summed E-state index contributed by atoms with van der Waals surface area (Å²) in [5, 5.41) is 16.2. The molecule has 33 heavy (non-hydrogen) atoms. The van der Waals surface area contributed by atoms with Gasteiger partial charge in [-0.05, 0) is 42.3 Å². The van der Waals surface area contributed by atoms with Crippen molar-refractivity contribution >= 4 is 36.1 Å². The van der Waals surface area contributed by atoms with Gasteiger partial charge in [-0.15, -0.1) is 10.2 Å². The molecule has 0 aliphatic rings. The molecule has 0 saturated heterocycles. The molecule has 0 bridgehead atoms. The fraction of sp³-hybridized carbons (Fsp3) is 0.136. The zero-order valence-corrected chi connectivity index (χ0v) is 18.1. The van der Waals surface area contributed by atoms with Gasteiger partial charge in [-0.2, -0.15) is 15.2 Å². The van der Waals surface area contributed by atoms with Gasteiger partial charge in [0.05, 0.1) is 37.8 Å². The lowest BCUT2D eigenvalue weighted by molar-refractivity contribution is 0.0592. The highest BCUT2D eigenvalue weighted by Crippen LogP contribution is 2.10. The van der Waals surface area contributed by atoms with Gasteiger partial charge >= 0.3 is 11.9 Å². The molecule has 0 atom stereocenters. The number of hydrazone groups is 2. The van der Waals surface area contributed by atoms with Crippen LogP contribution < -0.4 is 10.9 Å². The Balaban J connectivity index is 1.60. The summed E-state index contributed by atoms with van der Waals surface area (Å²) in [6.07, 6.45) is 3.12. The number of carbonyl (C=O) groups is 2. The molecule has 0 fully saturated rings. The van der Waals surface area contributed by atoms with E-state index in [9.17, 15) is 9.59 Å². The topological polar surface area (TPSA) is 140 Å². The molecule has 3 rings (SSSR count). The number of aromatic nitrogens is 3. The first kappa shape index (κ1) is 23.0. The van der Waals surface area contributed by atoms with Crippen molar-refractivity contribution in [1.29, 1.82) is 0 Å². The van der Waals surface area contributed by atoms with E-state index in [1.54, 1.807) is 67.9 Å². The molecule has 1 heterocycles. The third kappa shape index (κ3) is 6.40. The number of anilines is 2. The molecule has 1 aromatic heterocycles. The Kier molecular flexibility index (Phi) is 7.73. The predicted octanol–water partition coefficient (Wildman–Crippen LogP) is 2.65. The molecule has 0 aliphatic carbocycles. The van der Waals surface area contributed by atoms with E-state index in [4.69, 9.17) is 0 Å². The number of esters is 2. The maximum absolute atomic E-state index is 11.5. The third-order valence-electron chi connectivity index (χ3n) is 4.28. The van der Waals surface area contributed by atoms with Crippen LogP contribution in [0.2, 0.25) is 0 Å². The average molecular weight is 447 g/mol. The molecule has 11 nitrogen and oxygen atoms in total. The normalized spacial score (nSPS) is 10.9. The number of methoxy groups -OCH3 is 2. The van der Waals surface area contributed by atoms with E-state index >= 15 is 0 Å². The molecule has 168 valence electrons. The van der Waals surface area contributed by atoms with Crippen LogP contribution in [0.5, 0.6) is 0 Å². The van der Waals surface area contributed by atoms with Crippen molar-refractivity contribution in [2.24, 2.45) is 10.2 Å². The van der Waals surface area contributed by atoms with E-state index < -0.39 is 11.9 Å². The Morgan fingerprint density at radius 2 is 1.27 bits per heavy atom. The summed E-state index contributed by atoms with van der Waals surface area (Å²) in [7, 11) is 2.66. The lowest BCUT2D eigenvalue weighted by Gasteiger charge is -2.04. The van der Waals surface area contributed by atoms with Crippen molar-refractivity contribution in [1.82, 2.24) is 15.2 Å². The maximum atomic E-state index is 11.5. The highest BCUT2D eigenvalue weighted by molar-refractivity contribution is 5.91. The molecule has 3 aromatic rings. The molecule has 0 aliphatic heterocycles. The molecule has 0 radical (unpaired) electrons. The maximum Gasteiger partial charge on any atom is 0.337 e. The number of nitrogens with one attached hydrogen (secondary N) is 2.